The summed E-state index contributed by atoms with van der Waals surface area (Å²) in [6.45, 7) is -0.217. The van der Waals surface area contributed by atoms with Crippen molar-refractivity contribution in [3.8, 4) is 5.75 Å². The van der Waals surface area contributed by atoms with E-state index in [4.69, 9.17) is 10.5 Å². The summed E-state index contributed by atoms with van der Waals surface area (Å²) in [5, 5.41) is 3.60. The Kier molecular flexibility index (Phi) is 6.17. The van der Waals surface area contributed by atoms with E-state index in [1.165, 1.54) is 30.6 Å². The maximum absolute atomic E-state index is 12.4. The van der Waals surface area contributed by atoms with E-state index in [2.05, 4.69) is 5.32 Å². The average Bonchev–Trinajstić information content (AvgIpc) is 3.15. The van der Waals surface area contributed by atoms with Crippen LogP contribution in [-0.4, -0.2) is 23.7 Å². The zero-order valence-electron chi connectivity index (χ0n) is 14.4. The molecule has 2 aromatic rings. The highest BCUT2D eigenvalue weighted by Crippen LogP contribution is 2.35. The second-order valence-corrected chi connectivity index (χ2v) is 7.66. The number of nitrogens with two attached hydrogens (primary N) is 1. The number of benzene rings is 2. The van der Waals surface area contributed by atoms with Gasteiger partial charge in [0.15, 0.2) is 6.61 Å². The highest BCUT2D eigenvalue weighted by atomic mass is 32.2. The van der Waals surface area contributed by atoms with Crippen LogP contribution in [0.25, 0.3) is 0 Å². The molecule has 0 unspecified atom stereocenters. The van der Waals surface area contributed by atoms with Gasteiger partial charge in [0.2, 0.25) is 0 Å². The maximum Gasteiger partial charge on any atom is 0.255 e. The molecule has 3 rings (SSSR count). The van der Waals surface area contributed by atoms with Crippen molar-refractivity contribution in [3.05, 3.63) is 54.1 Å². The molecule has 26 heavy (non-hydrogen) atoms. The van der Waals surface area contributed by atoms with Crippen LogP contribution in [0.2, 0.25) is 0 Å². The molecule has 6 heteroatoms. The van der Waals surface area contributed by atoms with E-state index in [1.54, 1.807) is 24.3 Å². The average molecular weight is 370 g/mol. The number of carbonyl (C=O) groups is 2. The van der Waals surface area contributed by atoms with E-state index < -0.39 is 5.91 Å². The van der Waals surface area contributed by atoms with Crippen molar-refractivity contribution in [2.75, 3.05) is 11.9 Å². The number of rotatable bonds is 7. The van der Waals surface area contributed by atoms with Crippen LogP contribution in [-0.2, 0) is 4.79 Å². The van der Waals surface area contributed by atoms with Crippen molar-refractivity contribution in [1.82, 2.24) is 0 Å². The van der Waals surface area contributed by atoms with Crippen molar-refractivity contribution >= 4 is 29.3 Å². The van der Waals surface area contributed by atoms with Crippen molar-refractivity contribution in [2.45, 2.75) is 35.8 Å². The third kappa shape index (κ3) is 5.26. The Hall–Kier alpha value is -2.47. The summed E-state index contributed by atoms with van der Waals surface area (Å²) in [5.41, 5.74) is 6.26. The van der Waals surface area contributed by atoms with Gasteiger partial charge in [0.05, 0.1) is 0 Å². The summed E-state index contributed by atoms with van der Waals surface area (Å²) >= 11 is 1.92. The fourth-order valence-electron chi connectivity index (χ4n) is 2.90. The van der Waals surface area contributed by atoms with Gasteiger partial charge in [-0.1, -0.05) is 18.9 Å². The Balaban J connectivity index is 1.58. The molecular formula is C20H22N2O3S. The highest BCUT2D eigenvalue weighted by molar-refractivity contribution is 8.00. The van der Waals surface area contributed by atoms with Gasteiger partial charge in [0, 0.05) is 21.4 Å². The number of ether oxygens (including phenoxy) is 1. The summed E-state index contributed by atoms with van der Waals surface area (Å²) in [6, 6.07) is 14.6. The summed E-state index contributed by atoms with van der Waals surface area (Å²) in [7, 11) is 0. The van der Waals surface area contributed by atoms with Gasteiger partial charge in [0.25, 0.3) is 11.8 Å². The molecule has 1 saturated carbocycles. The molecule has 0 atom stereocenters. The Labute approximate surface area is 157 Å². The summed E-state index contributed by atoms with van der Waals surface area (Å²) in [6.07, 6.45) is 5.23. The first-order chi connectivity index (χ1) is 12.6. The van der Waals surface area contributed by atoms with Crippen LogP contribution in [0.3, 0.4) is 0 Å². The normalized spacial score (nSPS) is 14.2. The van der Waals surface area contributed by atoms with Crippen LogP contribution in [0.5, 0.6) is 5.75 Å². The quantitative estimate of drug-likeness (QED) is 0.776. The van der Waals surface area contributed by atoms with E-state index in [-0.39, 0.29) is 12.5 Å². The lowest BCUT2D eigenvalue weighted by molar-refractivity contribution is -0.119. The molecule has 136 valence electrons. The maximum atomic E-state index is 12.4. The molecule has 0 aromatic heterocycles. The van der Waals surface area contributed by atoms with Crippen molar-refractivity contribution in [2.24, 2.45) is 5.73 Å². The molecule has 2 amide bonds. The number of primary amides is 1. The van der Waals surface area contributed by atoms with Crippen LogP contribution in [0.4, 0.5) is 5.69 Å². The lowest BCUT2D eigenvalue weighted by Gasteiger charge is -2.10. The zero-order valence-corrected chi connectivity index (χ0v) is 15.3. The molecule has 0 bridgehead atoms. The fraction of sp³-hybridized carbons (Fsp3) is 0.300. The number of hydrogen-bond donors (Lipinski definition) is 2. The van der Waals surface area contributed by atoms with Crippen molar-refractivity contribution in [1.29, 1.82) is 0 Å². The minimum atomic E-state index is -0.560. The van der Waals surface area contributed by atoms with E-state index in [0.717, 1.165) is 10.9 Å². The molecule has 0 heterocycles. The van der Waals surface area contributed by atoms with Gasteiger partial charge in [-0.2, -0.15) is 0 Å². The van der Waals surface area contributed by atoms with Crippen molar-refractivity contribution in [3.63, 3.8) is 0 Å². The summed E-state index contributed by atoms with van der Waals surface area (Å²) < 4.78 is 5.23. The SMILES string of the molecule is NC(=O)COc1cccc(C(=O)Nc2ccc(SC3CCCC3)cc2)c1. The van der Waals surface area contributed by atoms with Crippen LogP contribution in [0.1, 0.15) is 36.0 Å². The molecule has 0 spiro atoms. The Morgan fingerprint density at radius 1 is 1.12 bits per heavy atom. The highest BCUT2D eigenvalue weighted by Gasteiger charge is 2.16. The number of nitrogens with one attached hydrogen (secondary N) is 1. The molecular weight excluding hydrogens is 348 g/mol. The summed E-state index contributed by atoms with van der Waals surface area (Å²) in [5.74, 6) is -0.360. The van der Waals surface area contributed by atoms with Gasteiger partial charge in [-0.3, -0.25) is 9.59 Å². The second-order valence-electron chi connectivity index (χ2n) is 6.29. The van der Waals surface area contributed by atoms with Crippen LogP contribution in [0.15, 0.2) is 53.4 Å². The fourth-order valence-corrected chi connectivity index (χ4v) is 4.15. The van der Waals surface area contributed by atoms with Gasteiger partial charge in [0.1, 0.15) is 5.75 Å². The van der Waals surface area contributed by atoms with E-state index >= 15 is 0 Å². The van der Waals surface area contributed by atoms with E-state index in [9.17, 15) is 9.59 Å². The molecule has 0 aliphatic heterocycles. The van der Waals surface area contributed by atoms with Crippen LogP contribution < -0.4 is 15.8 Å². The minimum absolute atomic E-state index is 0.217. The number of anilines is 1. The minimum Gasteiger partial charge on any atom is -0.484 e. The Bertz CT molecular complexity index is 771. The second kappa shape index (κ2) is 8.76. The van der Waals surface area contributed by atoms with E-state index in [1.807, 2.05) is 36.0 Å². The molecule has 1 fully saturated rings. The van der Waals surface area contributed by atoms with Crippen molar-refractivity contribution < 1.29 is 14.3 Å². The molecule has 0 radical (unpaired) electrons. The number of amides is 2. The van der Waals surface area contributed by atoms with E-state index in [0.29, 0.717) is 11.3 Å². The van der Waals surface area contributed by atoms with Crippen LogP contribution in [0, 0.1) is 0 Å². The van der Waals surface area contributed by atoms with Gasteiger partial charge in [-0.25, -0.2) is 0 Å². The smallest absolute Gasteiger partial charge is 0.255 e. The lowest BCUT2D eigenvalue weighted by atomic mass is 10.2. The number of hydrogen-bond acceptors (Lipinski definition) is 4. The monoisotopic (exact) mass is 370 g/mol. The number of thioether (sulfide) groups is 1. The van der Waals surface area contributed by atoms with Crippen LogP contribution >= 0.6 is 11.8 Å². The third-order valence-electron chi connectivity index (χ3n) is 4.19. The molecule has 5 nitrogen and oxygen atoms in total. The molecule has 0 saturated heterocycles. The topological polar surface area (TPSA) is 81.4 Å². The predicted octanol–water partition coefficient (Wildman–Crippen LogP) is 3.84. The molecule has 3 N–H and O–H groups in total. The molecule has 2 aromatic carbocycles. The number of carbonyl (C=O) groups excluding carboxylic acids is 2. The molecule has 1 aliphatic carbocycles. The first-order valence-corrected chi connectivity index (χ1v) is 9.57. The first-order valence-electron chi connectivity index (χ1n) is 8.69. The Morgan fingerprint density at radius 3 is 2.54 bits per heavy atom. The largest absolute Gasteiger partial charge is 0.484 e. The Morgan fingerprint density at radius 2 is 1.85 bits per heavy atom. The standard InChI is InChI=1S/C20H22N2O3S/c21-19(23)13-25-16-5-3-4-14(12-16)20(24)22-15-8-10-18(11-9-15)26-17-6-1-2-7-17/h3-5,8-12,17H,1-2,6-7,13H2,(H2,21,23)(H,22,24). The predicted molar refractivity (Wildman–Crippen MR) is 104 cm³/mol. The van der Waals surface area contributed by atoms with Gasteiger partial charge >= 0.3 is 0 Å². The lowest BCUT2D eigenvalue weighted by Crippen LogP contribution is -2.20. The van der Waals surface area contributed by atoms with Gasteiger partial charge < -0.3 is 15.8 Å². The summed E-state index contributed by atoms with van der Waals surface area (Å²) in [4.78, 5) is 24.4. The van der Waals surface area contributed by atoms with Gasteiger partial charge in [-0.05, 0) is 55.3 Å². The molecule has 1 aliphatic rings. The zero-order chi connectivity index (χ0) is 18.4. The third-order valence-corrected chi connectivity index (χ3v) is 5.54. The van der Waals surface area contributed by atoms with Gasteiger partial charge in [-0.15, -0.1) is 11.8 Å². The first kappa shape index (κ1) is 18.3.